The van der Waals surface area contributed by atoms with Crippen molar-refractivity contribution in [1.29, 1.82) is 0 Å². The Bertz CT molecular complexity index is 1210. The highest BCUT2D eigenvalue weighted by atomic mass is 16.5. The molecule has 3 aromatic rings. The zero-order valence-electron chi connectivity index (χ0n) is 20.6. The average molecular weight is 490 g/mol. The lowest BCUT2D eigenvalue weighted by atomic mass is 9.95. The van der Waals surface area contributed by atoms with Crippen LogP contribution in [0.15, 0.2) is 76.9 Å². The maximum Gasteiger partial charge on any atom is 0.296 e. The van der Waals surface area contributed by atoms with Gasteiger partial charge in [0.2, 0.25) is 0 Å². The molecule has 2 heterocycles. The normalized spacial score (nSPS) is 16.9. The van der Waals surface area contributed by atoms with Crippen LogP contribution in [-0.2, 0) is 16.1 Å². The van der Waals surface area contributed by atoms with E-state index in [0.717, 1.165) is 19.3 Å². The van der Waals surface area contributed by atoms with E-state index in [0.29, 0.717) is 41.6 Å². The number of amides is 1. The number of unbranched alkanes of at least 4 members (excludes halogenated alkanes) is 2. The second-order valence-electron chi connectivity index (χ2n) is 8.59. The maximum absolute atomic E-state index is 13.2. The minimum atomic E-state index is -0.805. The van der Waals surface area contributed by atoms with Crippen LogP contribution in [0.1, 0.15) is 56.0 Å². The molecule has 1 fully saturated rings. The summed E-state index contributed by atoms with van der Waals surface area (Å²) in [6.07, 6.45) is 4.63. The number of carbonyl (C=O) groups is 2. The molecule has 0 saturated carbocycles. The molecule has 0 spiro atoms. The fraction of sp³-hybridized carbons (Fsp3) is 0.310. The van der Waals surface area contributed by atoms with Crippen LogP contribution in [-0.4, -0.2) is 34.9 Å². The molecule has 1 unspecified atom stereocenters. The molecule has 1 aliphatic rings. The van der Waals surface area contributed by atoms with Gasteiger partial charge < -0.3 is 23.9 Å². The molecule has 7 heteroatoms. The zero-order chi connectivity index (χ0) is 25.5. The van der Waals surface area contributed by atoms with Crippen molar-refractivity contribution < 1.29 is 28.6 Å². The monoisotopic (exact) mass is 489 g/mol. The average Bonchev–Trinajstić information content (AvgIpc) is 3.49. The van der Waals surface area contributed by atoms with Crippen molar-refractivity contribution in [3.8, 4) is 11.5 Å². The number of hydrogen-bond donors (Lipinski definition) is 1. The van der Waals surface area contributed by atoms with Gasteiger partial charge in [-0.05, 0) is 67.4 Å². The molecular formula is C29H31NO6. The minimum Gasteiger partial charge on any atom is -0.507 e. The molecular weight excluding hydrogens is 458 g/mol. The van der Waals surface area contributed by atoms with Gasteiger partial charge in [0.05, 0.1) is 37.6 Å². The third-order valence-electron chi connectivity index (χ3n) is 6.08. The molecule has 7 nitrogen and oxygen atoms in total. The van der Waals surface area contributed by atoms with Crippen LogP contribution >= 0.6 is 0 Å². The van der Waals surface area contributed by atoms with Crippen molar-refractivity contribution in [2.45, 2.75) is 45.7 Å². The van der Waals surface area contributed by atoms with Crippen LogP contribution in [0.4, 0.5) is 0 Å². The highest BCUT2D eigenvalue weighted by Gasteiger charge is 2.46. The Morgan fingerprint density at radius 1 is 0.972 bits per heavy atom. The standard InChI is InChI=1S/C29H31NO6/c1-3-5-6-16-35-23-10-7-9-21(18-23)26-25(27(31)20-12-14-22(15-13-20)34-4-2)28(32)29(33)30(26)19-24-11-8-17-36-24/h7-15,17-18,26,31H,3-6,16,19H2,1-2H3/b27-25+. The number of likely N-dealkylation sites (tertiary alicyclic amines) is 1. The van der Waals surface area contributed by atoms with Gasteiger partial charge in [-0.15, -0.1) is 0 Å². The van der Waals surface area contributed by atoms with Crippen molar-refractivity contribution in [2.75, 3.05) is 13.2 Å². The largest absolute Gasteiger partial charge is 0.507 e. The fourth-order valence-electron chi connectivity index (χ4n) is 4.31. The fourth-order valence-corrected chi connectivity index (χ4v) is 4.31. The first-order valence-corrected chi connectivity index (χ1v) is 12.3. The lowest BCUT2D eigenvalue weighted by molar-refractivity contribution is -0.140. The molecule has 1 N–H and O–H groups in total. The molecule has 0 radical (unpaired) electrons. The Labute approximate surface area is 210 Å². The quantitative estimate of drug-likeness (QED) is 0.157. The summed E-state index contributed by atoms with van der Waals surface area (Å²) in [7, 11) is 0. The van der Waals surface area contributed by atoms with Crippen molar-refractivity contribution in [2.24, 2.45) is 0 Å². The Morgan fingerprint density at radius 3 is 2.47 bits per heavy atom. The number of furan rings is 1. The Balaban J connectivity index is 1.74. The number of benzene rings is 2. The van der Waals surface area contributed by atoms with Crippen molar-refractivity contribution in [1.82, 2.24) is 4.90 Å². The van der Waals surface area contributed by atoms with Gasteiger partial charge in [0.25, 0.3) is 11.7 Å². The predicted octanol–water partition coefficient (Wildman–Crippen LogP) is 5.87. The second-order valence-corrected chi connectivity index (χ2v) is 8.59. The smallest absolute Gasteiger partial charge is 0.296 e. The summed E-state index contributed by atoms with van der Waals surface area (Å²) in [5.74, 6) is 0.156. The number of Topliss-reactive ketones (excluding diaryl/α,β-unsaturated/α-hetero) is 1. The first kappa shape index (κ1) is 25.1. The summed E-state index contributed by atoms with van der Waals surface area (Å²) in [5, 5.41) is 11.3. The first-order valence-electron chi connectivity index (χ1n) is 12.3. The van der Waals surface area contributed by atoms with E-state index in [2.05, 4.69) is 6.92 Å². The van der Waals surface area contributed by atoms with Crippen molar-refractivity contribution in [3.05, 3.63) is 89.4 Å². The first-order chi connectivity index (χ1) is 17.5. The second kappa shape index (κ2) is 11.6. The summed E-state index contributed by atoms with van der Waals surface area (Å²) in [5.41, 5.74) is 1.12. The van der Waals surface area contributed by atoms with E-state index in [-0.39, 0.29) is 17.9 Å². The number of hydrogen-bond acceptors (Lipinski definition) is 6. The summed E-state index contributed by atoms with van der Waals surface area (Å²) in [6.45, 7) is 5.20. The molecule has 1 aliphatic heterocycles. The molecule has 4 rings (SSSR count). The Kier molecular flexibility index (Phi) is 8.10. The molecule has 36 heavy (non-hydrogen) atoms. The molecule has 2 aromatic carbocycles. The SMILES string of the molecule is CCCCCOc1cccc(C2/C(=C(\O)c3ccc(OCC)cc3)C(=O)C(=O)N2Cc2ccco2)c1. The summed E-state index contributed by atoms with van der Waals surface area (Å²) in [6, 6.07) is 16.8. The number of nitrogens with zero attached hydrogens (tertiary/aromatic N) is 1. The molecule has 1 saturated heterocycles. The van der Waals surface area contributed by atoms with Gasteiger partial charge in [-0.1, -0.05) is 31.9 Å². The third kappa shape index (κ3) is 5.46. The van der Waals surface area contributed by atoms with E-state index in [4.69, 9.17) is 13.9 Å². The zero-order valence-corrected chi connectivity index (χ0v) is 20.6. The topological polar surface area (TPSA) is 89.2 Å². The molecule has 0 bridgehead atoms. The van der Waals surface area contributed by atoms with Crippen LogP contribution in [0, 0.1) is 0 Å². The van der Waals surface area contributed by atoms with Gasteiger partial charge in [-0.25, -0.2) is 0 Å². The van der Waals surface area contributed by atoms with E-state index >= 15 is 0 Å². The number of carbonyl (C=O) groups excluding carboxylic acids is 2. The number of ether oxygens (including phenoxy) is 2. The van der Waals surface area contributed by atoms with E-state index in [1.807, 2.05) is 31.2 Å². The van der Waals surface area contributed by atoms with Gasteiger partial charge in [0.1, 0.15) is 23.0 Å². The van der Waals surface area contributed by atoms with Crippen LogP contribution in [0.25, 0.3) is 5.76 Å². The third-order valence-corrected chi connectivity index (χ3v) is 6.08. The van der Waals surface area contributed by atoms with Gasteiger partial charge in [0, 0.05) is 5.56 Å². The van der Waals surface area contributed by atoms with E-state index in [1.165, 1.54) is 11.2 Å². The minimum absolute atomic E-state index is 0.0267. The number of rotatable bonds is 11. The van der Waals surface area contributed by atoms with Crippen LogP contribution in [0.3, 0.4) is 0 Å². The summed E-state index contributed by atoms with van der Waals surface area (Å²) < 4.78 is 16.9. The molecule has 0 aliphatic carbocycles. The van der Waals surface area contributed by atoms with E-state index < -0.39 is 17.7 Å². The lowest BCUT2D eigenvalue weighted by Gasteiger charge is -2.25. The molecule has 1 aromatic heterocycles. The lowest BCUT2D eigenvalue weighted by Crippen LogP contribution is -2.29. The van der Waals surface area contributed by atoms with Crippen LogP contribution in [0.5, 0.6) is 11.5 Å². The Hall–Kier alpha value is -4.00. The van der Waals surface area contributed by atoms with Gasteiger partial charge in [-0.2, -0.15) is 0 Å². The predicted molar refractivity (Wildman–Crippen MR) is 136 cm³/mol. The van der Waals surface area contributed by atoms with Crippen LogP contribution < -0.4 is 9.47 Å². The van der Waals surface area contributed by atoms with Gasteiger partial charge in [-0.3, -0.25) is 9.59 Å². The maximum atomic E-state index is 13.2. The van der Waals surface area contributed by atoms with E-state index in [9.17, 15) is 14.7 Å². The molecule has 188 valence electrons. The van der Waals surface area contributed by atoms with Gasteiger partial charge >= 0.3 is 0 Å². The van der Waals surface area contributed by atoms with Crippen LogP contribution in [0.2, 0.25) is 0 Å². The van der Waals surface area contributed by atoms with E-state index in [1.54, 1.807) is 36.4 Å². The van der Waals surface area contributed by atoms with Gasteiger partial charge in [0.15, 0.2) is 0 Å². The van der Waals surface area contributed by atoms with Crippen molar-refractivity contribution in [3.63, 3.8) is 0 Å². The number of aliphatic hydroxyl groups excluding tert-OH is 1. The summed E-state index contributed by atoms with van der Waals surface area (Å²) in [4.78, 5) is 27.8. The molecule has 1 amide bonds. The Morgan fingerprint density at radius 2 is 1.78 bits per heavy atom. The highest BCUT2D eigenvalue weighted by Crippen LogP contribution is 2.41. The van der Waals surface area contributed by atoms with Crippen molar-refractivity contribution >= 4 is 17.4 Å². The number of aliphatic hydroxyl groups is 1. The molecule has 1 atom stereocenters. The highest BCUT2D eigenvalue weighted by molar-refractivity contribution is 6.46. The number of ketones is 1. The summed E-state index contributed by atoms with van der Waals surface area (Å²) >= 11 is 0.